The lowest BCUT2D eigenvalue weighted by Gasteiger charge is -2.08. The van der Waals surface area contributed by atoms with Gasteiger partial charge in [0.25, 0.3) is 0 Å². The number of benzene rings is 1. The molecule has 16 heavy (non-hydrogen) atoms. The molecule has 0 aliphatic carbocycles. The smallest absolute Gasteiger partial charge is 0.320 e. The van der Waals surface area contributed by atoms with Gasteiger partial charge in [0.15, 0.2) is 6.79 Å². The molecule has 1 aromatic rings. The average Bonchev–Trinajstić information content (AvgIpc) is 2.28. The summed E-state index contributed by atoms with van der Waals surface area (Å²) >= 11 is 0. The fourth-order valence-corrected chi connectivity index (χ4v) is 1.19. The van der Waals surface area contributed by atoms with Gasteiger partial charge in [0.2, 0.25) is 0 Å². The van der Waals surface area contributed by atoms with E-state index in [-0.39, 0.29) is 6.79 Å². The normalized spacial score (nSPS) is 12.1. The molecule has 1 atom stereocenters. The van der Waals surface area contributed by atoms with E-state index in [0.717, 1.165) is 5.56 Å². The van der Waals surface area contributed by atoms with Crippen LogP contribution in [0.25, 0.3) is 0 Å². The Labute approximate surface area is 93.8 Å². The van der Waals surface area contributed by atoms with Gasteiger partial charge in [-0.2, -0.15) is 0 Å². The molecular weight excluding hydrogens is 210 g/mol. The van der Waals surface area contributed by atoms with Crippen molar-refractivity contribution in [1.29, 1.82) is 0 Å². The highest BCUT2D eigenvalue weighted by Gasteiger charge is 2.11. The molecule has 0 amide bonds. The predicted molar refractivity (Wildman–Crippen MR) is 58.3 cm³/mol. The van der Waals surface area contributed by atoms with Gasteiger partial charge in [0.1, 0.15) is 11.8 Å². The van der Waals surface area contributed by atoms with Crippen LogP contribution in [0.3, 0.4) is 0 Å². The number of methoxy groups -OCH3 is 1. The molecule has 0 saturated heterocycles. The highest BCUT2D eigenvalue weighted by Crippen LogP contribution is 2.13. The zero-order valence-corrected chi connectivity index (χ0v) is 9.05. The molecule has 1 rings (SSSR count). The Morgan fingerprint density at radius 3 is 2.56 bits per heavy atom. The van der Waals surface area contributed by atoms with Crippen molar-refractivity contribution in [3.63, 3.8) is 0 Å². The van der Waals surface area contributed by atoms with Gasteiger partial charge in [-0.1, -0.05) is 12.1 Å². The minimum Gasteiger partial charge on any atom is -0.480 e. The summed E-state index contributed by atoms with van der Waals surface area (Å²) in [5, 5.41) is 8.65. The molecule has 0 aliphatic heterocycles. The van der Waals surface area contributed by atoms with Gasteiger partial charge in [-0.05, 0) is 24.1 Å². The van der Waals surface area contributed by atoms with Gasteiger partial charge in [-0.15, -0.1) is 0 Å². The number of carbonyl (C=O) groups is 1. The largest absolute Gasteiger partial charge is 0.480 e. The molecule has 0 radical (unpaired) electrons. The van der Waals surface area contributed by atoms with Crippen LogP contribution in [0.1, 0.15) is 5.56 Å². The van der Waals surface area contributed by atoms with Gasteiger partial charge in [-0.3, -0.25) is 4.79 Å². The first-order chi connectivity index (χ1) is 7.63. The molecular formula is C11H15NO4. The van der Waals surface area contributed by atoms with Crippen molar-refractivity contribution in [2.45, 2.75) is 12.5 Å². The van der Waals surface area contributed by atoms with Gasteiger partial charge in [-0.25, -0.2) is 0 Å². The first-order valence-electron chi connectivity index (χ1n) is 4.82. The first kappa shape index (κ1) is 12.5. The molecule has 0 aromatic heterocycles. The van der Waals surface area contributed by atoms with Crippen LogP contribution in [-0.4, -0.2) is 31.0 Å². The summed E-state index contributed by atoms with van der Waals surface area (Å²) in [5.41, 5.74) is 6.28. The van der Waals surface area contributed by atoms with Gasteiger partial charge in [0.05, 0.1) is 0 Å². The van der Waals surface area contributed by atoms with Crippen LogP contribution in [0.2, 0.25) is 0 Å². The number of carboxylic acid groups (broad SMARTS) is 1. The van der Waals surface area contributed by atoms with Crippen molar-refractivity contribution >= 4 is 5.97 Å². The molecule has 0 heterocycles. The number of carboxylic acids is 1. The van der Waals surface area contributed by atoms with E-state index in [1.54, 1.807) is 31.4 Å². The first-order valence-corrected chi connectivity index (χ1v) is 4.82. The van der Waals surface area contributed by atoms with E-state index in [1.165, 1.54) is 0 Å². The van der Waals surface area contributed by atoms with Crippen LogP contribution < -0.4 is 10.5 Å². The summed E-state index contributed by atoms with van der Waals surface area (Å²) in [4.78, 5) is 10.5. The lowest BCUT2D eigenvalue weighted by molar-refractivity contribution is -0.138. The van der Waals surface area contributed by atoms with E-state index in [0.29, 0.717) is 12.2 Å². The molecule has 0 unspecified atom stereocenters. The topological polar surface area (TPSA) is 81.8 Å². The minimum atomic E-state index is -1.00. The van der Waals surface area contributed by atoms with E-state index in [9.17, 15) is 4.79 Å². The van der Waals surface area contributed by atoms with E-state index in [4.69, 9.17) is 20.3 Å². The summed E-state index contributed by atoms with van der Waals surface area (Å²) in [7, 11) is 1.54. The Kier molecular flexibility index (Phi) is 4.75. The lowest BCUT2D eigenvalue weighted by atomic mass is 10.1. The quantitative estimate of drug-likeness (QED) is 0.694. The standard InChI is InChI=1S/C11H15NO4/c1-15-7-16-9-4-2-8(3-5-9)6-10(12)11(13)14/h2-5,10H,6-7,12H2,1H3,(H,13,14)/t10-/m0/s1. The lowest BCUT2D eigenvalue weighted by Crippen LogP contribution is -2.32. The number of aliphatic carboxylic acids is 1. The molecule has 5 nitrogen and oxygen atoms in total. The van der Waals surface area contributed by atoms with E-state index in [1.807, 2.05) is 0 Å². The van der Waals surface area contributed by atoms with Crippen molar-refractivity contribution in [1.82, 2.24) is 0 Å². The SMILES string of the molecule is COCOc1ccc(C[C@H](N)C(=O)O)cc1. The molecule has 88 valence electrons. The van der Waals surface area contributed by atoms with Crippen molar-refractivity contribution in [3.05, 3.63) is 29.8 Å². The fraction of sp³-hybridized carbons (Fsp3) is 0.364. The second-order valence-electron chi connectivity index (χ2n) is 3.34. The maximum atomic E-state index is 10.5. The van der Waals surface area contributed by atoms with Crippen LogP contribution in [0.4, 0.5) is 0 Å². The summed E-state index contributed by atoms with van der Waals surface area (Å²) < 4.78 is 9.94. The van der Waals surface area contributed by atoms with E-state index in [2.05, 4.69) is 0 Å². The number of hydrogen-bond donors (Lipinski definition) is 2. The third-order valence-electron chi connectivity index (χ3n) is 2.04. The molecule has 1 aromatic carbocycles. The second kappa shape index (κ2) is 6.09. The number of hydrogen-bond acceptors (Lipinski definition) is 4. The summed E-state index contributed by atoms with van der Waals surface area (Å²) in [6.07, 6.45) is 0.305. The number of ether oxygens (including phenoxy) is 2. The molecule has 0 saturated carbocycles. The number of nitrogens with two attached hydrogens (primary N) is 1. The van der Waals surface area contributed by atoms with E-state index < -0.39 is 12.0 Å². The van der Waals surface area contributed by atoms with Crippen LogP contribution in [0.15, 0.2) is 24.3 Å². The predicted octanol–water partition coefficient (Wildman–Crippen LogP) is 0.624. The van der Waals surface area contributed by atoms with Crippen molar-refractivity contribution in [2.75, 3.05) is 13.9 Å². The third kappa shape index (κ3) is 3.88. The fourth-order valence-electron chi connectivity index (χ4n) is 1.19. The minimum absolute atomic E-state index is 0.188. The second-order valence-corrected chi connectivity index (χ2v) is 3.34. The molecule has 0 aliphatic rings. The van der Waals surface area contributed by atoms with E-state index >= 15 is 0 Å². The van der Waals surface area contributed by atoms with Crippen molar-refractivity contribution in [2.24, 2.45) is 5.73 Å². The Bertz CT molecular complexity index is 336. The molecule has 5 heteroatoms. The zero-order valence-electron chi connectivity index (χ0n) is 9.05. The summed E-state index contributed by atoms with van der Waals surface area (Å²) in [6.45, 7) is 0.188. The highest BCUT2D eigenvalue weighted by atomic mass is 16.7. The van der Waals surface area contributed by atoms with Crippen LogP contribution in [-0.2, 0) is 16.0 Å². The van der Waals surface area contributed by atoms with Gasteiger partial charge >= 0.3 is 5.97 Å². The molecule has 0 bridgehead atoms. The Balaban J connectivity index is 2.54. The number of rotatable bonds is 6. The molecule has 0 fully saturated rings. The average molecular weight is 225 g/mol. The Morgan fingerprint density at radius 1 is 1.44 bits per heavy atom. The Morgan fingerprint density at radius 2 is 2.06 bits per heavy atom. The van der Waals surface area contributed by atoms with Crippen LogP contribution in [0.5, 0.6) is 5.75 Å². The maximum absolute atomic E-state index is 10.5. The van der Waals surface area contributed by atoms with Crippen LogP contribution in [0, 0.1) is 0 Å². The maximum Gasteiger partial charge on any atom is 0.320 e. The summed E-state index contributed by atoms with van der Waals surface area (Å²) in [5.74, 6) is -0.325. The van der Waals surface area contributed by atoms with Crippen molar-refractivity contribution < 1.29 is 19.4 Å². The zero-order chi connectivity index (χ0) is 12.0. The molecule has 0 spiro atoms. The third-order valence-corrected chi connectivity index (χ3v) is 2.04. The van der Waals surface area contributed by atoms with Crippen LogP contribution >= 0.6 is 0 Å². The Hall–Kier alpha value is -1.59. The molecule has 3 N–H and O–H groups in total. The monoisotopic (exact) mass is 225 g/mol. The van der Waals surface area contributed by atoms with Gasteiger partial charge in [0, 0.05) is 7.11 Å². The highest BCUT2D eigenvalue weighted by molar-refractivity contribution is 5.73. The summed E-state index contributed by atoms with van der Waals surface area (Å²) in [6, 6.07) is 6.21. The van der Waals surface area contributed by atoms with Gasteiger partial charge < -0.3 is 20.3 Å². The van der Waals surface area contributed by atoms with Crippen molar-refractivity contribution in [3.8, 4) is 5.75 Å².